The average molecular weight is 520 g/mol. The molecular weight excluding hydrogens is 495 g/mol. The third-order valence-electron chi connectivity index (χ3n) is 5.31. The van der Waals surface area contributed by atoms with Crippen LogP contribution in [-0.4, -0.2) is 47.9 Å². The predicted octanol–water partition coefficient (Wildman–Crippen LogP) is 3.48. The number of unbranched alkanes of at least 4 members (excludes halogenated alkanes) is 1. The van der Waals surface area contributed by atoms with Crippen molar-refractivity contribution in [2.75, 3.05) is 25.1 Å². The number of nitrogens with zero attached hydrogens (tertiary/aromatic N) is 3. The Morgan fingerprint density at radius 3 is 2.49 bits per heavy atom. The molecule has 0 radical (unpaired) electrons. The Labute approximate surface area is 203 Å². The third kappa shape index (κ3) is 5.42. The zero-order chi connectivity index (χ0) is 25.0. The fraction of sp³-hybridized carbons (Fsp3) is 0.217. The van der Waals surface area contributed by atoms with Crippen molar-refractivity contribution < 1.29 is 22.3 Å². The minimum absolute atomic E-state index is 0.0234. The van der Waals surface area contributed by atoms with Crippen molar-refractivity contribution in [1.82, 2.24) is 19.3 Å². The van der Waals surface area contributed by atoms with Gasteiger partial charge in [0.15, 0.2) is 10.5 Å². The fourth-order valence-electron chi connectivity index (χ4n) is 3.58. The van der Waals surface area contributed by atoms with Crippen LogP contribution in [0.1, 0.15) is 12.8 Å². The number of sulfonamides is 1. The number of halogens is 2. The van der Waals surface area contributed by atoms with Gasteiger partial charge >= 0.3 is 0 Å². The maximum absolute atomic E-state index is 13.8. The molecule has 3 N–H and O–H groups in total. The van der Waals surface area contributed by atoms with E-state index in [0.29, 0.717) is 50.7 Å². The molecule has 0 aliphatic carbocycles. The number of aromatic nitrogens is 3. The lowest BCUT2D eigenvalue weighted by atomic mass is 10.1. The van der Waals surface area contributed by atoms with Crippen LogP contribution in [0.5, 0.6) is 5.75 Å². The summed E-state index contributed by atoms with van der Waals surface area (Å²) in [5, 5.41) is 19.0. The monoisotopic (exact) mass is 519 g/mol. The molecular formula is C23H24F2N5O3PS. The van der Waals surface area contributed by atoms with E-state index in [4.69, 9.17) is 4.98 Å². The summed E-state index contributed by atoms with van der Waals surface area (Å²) in [6.07, 6.45) is 2.77. The minimum atomic E-state index is -4.30. The summed E-state index contributed by atoms with van der Waals surface area (Å²) in [6.45, 7) is 2.54. The Kier molecular flexibility index (Phi) is 7.59. The maximum atomic E-state index is 13.8. The molecule has 0 saturated carbocycles. The minimum Gasteiger partial charge on any atom is -0.507 e. The Morgan fingerprint density at radius 1 is 1.06 bits per heavy atom. The van der Waals surface area contributed by atoms with Crippen LogP contribution < -0.4 is 15.3 Å². The average Bonchev–Trinajstić information content (AvgIpc) is 3.24. The van der Waals surface area contributed by atoms with E-state index in [1.54, 1.807) is 35.0 Å². The largest absolute Gasteiger partial charge is 0.507 e. The van der Waals surface area contributed by atoms with Crippen LogP contribution in [0.3, 0.4) is 0 Å². The van der Waals surface area contributed by atoms with Gasteiger partial charge in [-0.3, -0.25) is 0 Å². The predicted molar refractivity (Wildman–Crippen MR) is 133 cm³/mol. The molecule has 184 valence electrons. The van der Waals surface area contributed by atoms with Crippen LogP contribution in [0, 0.1) is 11.6 Å². The van der Waals surface area contributed by atoms with Crippen molar-refractivity contribution in [3.63, 3.8) is 0 Å². The number of phenols is 1. The Morgan fingerprint density at radius 2 is 1.77 bits per heavy atom. The highest BCUT2D eigenvalue weighted by molar-refractivity contribution is 7.89. The molecule has 0 bridgehead atoms. The zero-order valence-corrected chi connectivity index (χ0v) is 20.6. The molecule has 2 aromatic carbocycles. The number of para-hydroxylation sites is 1. The van der Waals surface area contributed by atoms with E-state index in [0.717, 1.165) is 23.5 Å². The summed E-state index contributed by atoms with van der Waals surface area (Å²) in [7, 11) is -3.81. The van der Waals surface area contributed by atoms with Gasteiger partial charge in [0.1, 0.15) is 23.2 Å². The molecule has 0 aliphatic rings. The molecule has 0 saturated heterocycles. The second kappa shape index (κ2) is 10.6. The van der Waals surface area contributed by atoms with Crippen LogP contribution in [0.2, 0.25) is 0 Å². The summed E-state index contributed by atoms with van der Waals surface area (Å²) in [5.41, 5.74) is 1.88. The van der Waals surface area contributed by atoms with Gasteiger partial charge in [-0.2, -0.15) is 9.61 Å². The topological polar surface area (TPSA) is 109 Å². The highest BCUT2D eigenvalue weighted by Crippen LogP contribution is 2.29. The van der Waals surface area contributed by atoms with Crippen LogP contribution >= 0.6 is 8.58 Å². The number of benzene rings is 2. The van der Waals surface area contributed by atoms with Crippen molar-refractivity contribution in [3.05, 3.63) is 66.4 Å². The quantitative estimate of drug-likeness (QED) is 0.219. The van der Waals surface area contributed by atoms with Crippen LogP contribution in [0.4, 0.5) is 14.6 Å². The highest BCUT2D eigenvalue weighted by Gasteiger charge is 2.23. The molecule has 35 heavy (non-hydrogen) atoms. The van der Waals surface area contributed by atoms with Gasteiger partial charge in [0, 0.05) is 30.0 Å². The van der Waals surface area contributed by atoms with Crippen molar-refractivity contribution in [3.8, 4) is 17.0 Å². The number of aromatic hydroxyl groups is 1. The highest BCUT2D eigenvalue weighted by atomic mass is 32.2. The molecule has 8 nitrogen and oxygen atoms in total. The number of hydrogen-bond donors (Lipinski definition) is 3. The SMILES string of the molecule is CPc1cnn2c(NCCCCNS(=O)(=O)c3c(F)cccc3F)cc(-c3ccccc3O)nc12. The molecule has 0 amide bonds. The van der Waals surface area contributed by atoms with E-state index >= 15 is 0 Å². The first-order valence-electron chi connectivity index (χ1n) is 10.8. The van der Waals surface area contributed by atoms with E-state index in [-0.39, 0.29) is 12.3 Å². The van der Waals surface area contributed by atoms with Gasteiger partial charge in [0.05, 0.1) is 11.9 Å². The molecule has 1 unspecified atom stereocenters. The molecule has 1 atom stereocenters. The van der Waals surface area contributed by atoms with Gasteiger partial charge in [-0.25, -0.2) is 26.9 Å². The number of phenolic OH excluding ortho intramolecular Hbond substituents is 1. The summed E-state index contributed by atoms with van der Waals surface area (Å²) in [6, 6.07) is 11.7. The zero-order valence-electron chi connectivity index (χ0n) is 18.8. The first kappa shape index (κ1) is 25.0. The summed E-state index contributed by atoms with van der Waals surface area (Å²) < 4.78 is 56.1. The van der Waals surface area contributed by atoms with E-state index in [1.165, 1.54) is 0 Å². The van der Waals surface area contributed by atoms with Crippen molar-refractivity contribution >= 4 is 35.4 Å². The Balaban J connectivity index is 1.42. The Hall–Kier alpha value is -3.14. The van der Waals surface area contributed by atoms with Crippen molar-refractivity contribution in [1.29, 1.82) is 0 Å². The molecule has 0 aliphatic heterocycles. The molecule has 0 spiro atoms. The number of fused-ring (bicyclic) bond motifs is 1. The van der Waals surface area contributed by atoms with E-state index in [9.17, 15) is 22.3 Å². The van der Waals surface area contributed by atoms with Crippen molar-refractivity contribution in [2.24, 2.45) is 0 Å². The second-order valence-electron chi connectivity index (χ2n) is 7.67. The maximum Gasteiger partial charge on any atom is 0.246 e. The third-order valence-corrected chi connectivity index (χ3v) is 7.71. The number of anilines is 1. The van der Waals surface area contributed by atoms with Gasteiger partial charge in [-0.1, -0.05) is 26.8 Å². The fourth-order valence-corrected chi connectivity index (χ4v) is 5.36. The molecule has 12 heteroatoms. The van der Waals surface area contributed by atoms with E-state index < -0.39 is 26.6 Å². The first-order chi connectivity index (χ1) is 16.8. The number of hydrogen-bond acceptors (Lipinski definition) is 6. The lowest BCUT2D eigenvalue weighted by Crippen LogP contribution is -2.27. The summed E-state index contributed by atoms with van der Waals surface area (Å²) in [5.74, 6) is -1.47. The van der Waals surface area contributed by atoms with Crippen LogP contribution in [0.15, 0.2) is 59.6 Å². The van der Waals surface area contributed by atoms with E-state index in [1.807, 2.05) is 12.7 Å². The molecule has 4 aromatic rings. The van der Waals surface area contributed by atoms with Gasteiger partial charge < -0.3 is 10.4 Å². The number of nitrogens with one attached hydrogen (secondary N) is 2. The normalized spacial score (nSPS) is 12.1. The lowest BCUT2D eigenvalue weighted by molar-refractivity contribution is 0.477. The molecule has 2 aromatic heterocycles. The van der Waals surface area contributed by atoms with Gasteiger partial charge in [-0.05, 0) is 43.8 Å². The van der Waals surface area contributed by atoms with E-state index in [2.05, 4.69) is 15.1 Å². The Bertz CT molecular complexity index is 1440. The smallest absolute Gasteiger partial charge is 0.246 e. The van der Waals surface area contributed by atoms with Gasteiger partial charge in [-0.15, -0.1) is 0 Å². The second-order valence-corrected chi connectivity index (χ2v) is 10.4. The van der Waals surface area contributed by atoms with Gasteiger partial charge in [0.25, 0.3) is 0 Å². The standard InChI is InChI=1S/C23H24F2N5O3PS/c1-34-20-14-27-30-21(13-18(29-23(20)30)15-7-2-3-10-19(15)31)26-11-4-5-12-28-35(32,33)22-16(24)8-6-9-17(22)25/h2-3,6-10,13-14,26,28,31,34H,4-5,11-12H2,1H3. The van der Waals surface area contributed by atoms with Gasteiger partial charge in [0.2, 0.25) is 10.0 Å². The van der Waals surface area contributed by atoms with Crippen LogP contribution in [-0.2, 0) is 10.0 Å². The molecule has 4 rings (SSSR count). The van der Waals surface area contributed by atoms with Crippen molar-refractivity contribution in [2.45, 2.75) is 17.7 Å². The summed E-state index contributed by atoms with van der Waals surface area (Å²) in [4.78, 5) is 3.72. The first-order valence-corrected chi connectivity index (χ1v) is 13.8. The number of rotatable bonds is 10. The summed E-state index contributed by atoms with van der Waals surface area (Å²) >= 11 is 0. The molecule has 2 heterocycles. The molecule has 0 fully saturated rings. The van der Waals surface area contributed by atoms with Crippen LogP contribution in [0.25, 0.3) is 16.9 Å². The lowest BCUT2D eigenvalue weighted by Gasteiger charge is -2.12.